The standard InChI is InChI=1S/C21H25N5O4S/c1-13-8-17-18(9-14(13)2)23-12-24-19(17)15-6-7-16(22-10-15)11-25-31(28,29)26-20(27)30-21(3,4)5/h6-10,12,25H,11H2,1-5H3,(H,26,27). The van der Waals surface area contributed by atoms with Crippen LogP contribution in [0.5, 0.6) is 0 Å². The average molecular weight is 444 g/mol. The molecular formula is C21H25N5O4S. The van der Waals surface area contributed by atoms with Gasteiger partial charge in [0.1, 0.15) is 11.9 Å². The summed E-state index contributed by atoms with van der Waals surface area (Å²) >= 11 is 0. The molecule has 1 aromatic carbocycles. The summed E-state index contributed by atoms with van der Waals surface area (Å²) < 4.78 is 33.1. The normalized spacial score (nSPS) is 12.0. The highest BCUT2D eigenvalue weighted by Crippen LogP contribution is 2.27. The van der Waals surface area contributed by atoms with Gasteiger partial charge in [0.2, 0.25) is 0 Å². The number of amides is 1. The number of nitrogens with zero attached hydrogens (tertiary/aromatic N) is 3. The number of carbonyl (C=O) groups excluding carboxylic acids is 1. The first kappa shape index (κ1) is 22.6. The SMILES string of the molecule is Cc1cc2ncnc(-c3ccc(CNS(=O)(=O)NC(=O)OC(C)(C)C)nc3)c2cc1C. The van der Waals surface area contributed by atoms with E-state index in [-0.39, 0.29) is 6.54 Å². The number of fused-ring (bicyclic) bond motifs is 1. The molecule has 164 valence electrons. The van der Waals surface area contributed by atoms with Crippen molar-refractivity contribution in [1.82, 2.24) is 24.4 Å². The fourth-order valence-electron chi connectivity index (χ4n) is 2.83. The molecule has 0 bridgehead atoms. The van der Waals surface area contributed by atoms with Crippen molar-refractivity contribution >= 4 is 27.2 Å². The molecule has 2 N–H and O–H groups in total. The van der Waals surface area contributed by atoms with Crippen molar-refractivity contribution in [2.45, 2.75) is 46.8 Å². The van der Waals surface area contributed by atoms with Crippen LogP contribution in [0.15, 0.2) is 36.8 Å². The number of hydrogen-bond acceptors (Lipinski definition) is 7. The molecule has 3 aromatic rings. The third kappa shape index (κ3) is 5.96. The number of aryl methyl sites for hydroxylation is 2. The Morgan fingerprint density at radius 1 is 1.06 bits per heavy atom. The van der Waals surface area contributed by atoms with E-state index in [1.807, 2.05) is 32.0 Å². The Kier molecular flexibility index (Phi) is 6.23. The summed E-state index contributed by atoms with van der Waals surface area (Å²) in [6, 6.07) is 7.57. The molecular weight excluding hydrogens is 418 g/mol. The molecule has 0 spiro atoms. The highest BCUT2D eigenvalue weighted by atomic mass is 32.2. The van der Waals surface area contributed by atoms with Gasteiger partial charge in [0, 0.05) is 17.1 Å². The van der Waals surface area contributed by atoms with Crippen molar-refractivity contribution in [1.29, 1.82) is 0 Å². The van der Waals surface area contributed by atoms with Crippen LogP contribution >= 0.6 is 0 Å². The first-order chi connectivity index (χ1) is 14.4. The van der Waals surface area contributed by atoms with Gasteiger partial charge in [-0.2, -0.15) is 13.1 Å². The topological polar surface area (TPSA) is 123 Å². The van der Waals surface area contributed by atoms with Crippen LogP contribution in [0.4, 0.5) is 4.79 Å². The molecule has 3 rings (SSSR count). The third-order valence-corrected chi connectivity index (χ3v) is 5.37. The molecule has 31 heavy (non-hydrogen) atoms. The zero-order valence-electron chi connectivity index (χ0n) is 18.1. The summed E-state index contributed by atoms with van der Waals surface area (Å²) in [6.45, 7) is 8.89. The molecule has 0 aliphatic rings. The summed E-state index contributed by atoms with van der Waals surface area (Å²) in [5, 5.41) is 0.919. The number of aromatic nitrogens is 3. The maximum absolute atomic E-state index is 12.0. The molecule has 0 saturated heterocycles. The van der Waals surface area contributed by atoms with Crippen LogP contribution in [0.3, 0.4) is 0 Å². The van der Waals surface area contributed by atoms with Crippen molar-refractivity contribution in [3.63, 3.8) is 0 Å². The van der Waals surface area contributed by atoms with Crippen LogP contribution in [0, 0.1) is 13.8 Å². The van der Waals surface area contributed by atoms with Gasteiger partial charge in [0.25, 0.3) is 0 Å². The van der Waals surface area contributed by atoms with E-state index >= 15 is 0 Å². The van der Waals surface area contributed by atoms with Gasteiger partial charge < -0.3 is 4.74 Å². The van der Waals surface area contributed by atoms with Gasteiger partial charge in [-0.05, 0) is 70.0 Å². The van der Waals surface area contributed by atoms with Crippen LogP contribution in [-0.2, 0) is 21.5 Å². The van der Waals surface area contributed by atoms with Gasteiger partial charge >= 0.3 is 16.3 Å². The zero-order chi connectivity index (χ0) is 22.8. The second-order valence-corrected chi connectivity index (χ2v) is 9.64. The lowest BCUT2D eigenvalue weighted by molar-refractivity contribution is 0.0569. The first-order valence-electron chi connectivity index (χ1n) is 9.61. The Balaban J connectivity index is 1.72. The van der Waals surface area contributed by atoms with Gasteiger partial charge in [0.15, 0.2) is 0 Å². The highest BCUT2D eigenvalue weighted by Gasteiger charge is 2.21. The molecule has 10 heteroatoms. The average Bonchev–Trinajstić information content (AvgIpc) is 2.65. The zero-order valence-corrected chi connectivity index (χ0v) is 18.9. The Morgan fingerprint density at radius 2 is 1.77 bits per heavy atom. The lowest BCUT2D eigenvalue weighted by Gasteiger charge is -2.19. The van der Waals surface area contributed by atoms with Crippen molar-refractivity contribution in [3.8, 4) is 11.3 Å². The van der Waals surface area contributed by atoms with E-state index in [1.165, 1.54) is 6.33 Å². The van der Waals surface area contributed by atoms with E-state index < -0.39 is 21.9 Å². The van der Waals surface area contributed by atoms with Gasteiger partial charge in [-0.1, -0.05) is 0 Å². The minimum absolute atomic E-state index is 0.0960. The molecule has 0 fully saturated rings. The van der Waals surface area contributed by atoms with E-state index in [4.69, 9.17) is 4.74 Å². The Hall–Kier alpha value is -3.11. The molecule has 2 aromatic heterocycles. The molecule has 0 unspecified atom stereocenters. The quantitative estimate of drug-likeness (QED) is 0.621. The lowest BCUT2D eigenvalue weighted by atomic mass is 10.0. The second kappa shape index (κ2) is 8.56. The van der Waals surface area contributed by atoms with Gasteiger partial charge in [0.05, 0.1) is 23.4 Å². The number of pyridine rings is 1. The van der Waals surface area contributed by atoms with Crippen molar-refractivity contribution in [2.24, 2.45) is 0 Å². The van der Waals surface area contributed by atoms with Gasteiger partial charge in [-0.15, -0.1) is 0 Å². The number of ether oxygens (including phenoxy) is 1. The van der Waals surface area contributed by atoms with Crippen LogP contribution in [0.2, 0.25) is 0 Å². The predicted molar refractivity (Wildman–Crippen MR) is 117 cm³/mol. The maximum atomic E-state index is 12.0. The maximum Gasteiger partial charge on any atom is 0.422 e. The van der Waals surface area contributed by atoms with Crippen LogP contribution < -0.4 is 9.44 Å². The number of rotatable bonds is 5. The molecule has 0 radical (unpaired) electrons. The number of nitrogens with one attached hydrogen (secondary N) is 2. The summed E-state index contributed by atoms with van der Waals surface area (Å²) in [4.78, 5) is 24.7. The summed E-state index contributed by atoms with van der Waals surface area (Å²) in [5.74, 6) is 0. The van der Waals surface area contributed by atoms with E-state index in [0.717, 1.165) is 33.3 Å². The van der Waals surface area contributed by atoms with E-state index in [0.29, 0.717) is 5.69 Å². The molecule has 1 amide bonds. The molecule has 0 atom stereocenters. The Bertz CT molecular complexity index is 1220. The van der Waals surface area contributed by atoms with Crippen molar-refractivity contribution in [3.05, 3.63) is 53.6 Å². The molecule has 9 nitrogen and oxygen atoms in total. The first-order valence-corrected chi connectivity index (χ1v) is 11.1. The number of benzene rings is 1. The molecule has 2 heterocycles. The molecule has 0 aliphatic heterocycles. The summed E-state index contributed by atoms with van der Waals surface area (Å²) in [5.41, 5.74) is 4.34. The van der Waals surface area contributed by atoms with E-state index in [1.54, 1.807) is 37.8 Å². The Labute approximate surface area is 181 Å². The van der Waals surface area contributed by atoms with Crippen LogP contribution in [0.1, 0.15) is 37.6 Å². The second-order valence-electron chi connectivity index (χ2n) is 8.14. The number of carbonyl (C=O) groups is 1. The minimum atomic E-state index is -4.09. The van der Waals surface area contributed by atoms with Crippen molar-refractivity contribution in [2.75, 3.05) is 0 Å². The minimum Gasteiger partial charge on any atom is -0.443 e. The Morgan fingerprint density at radius 3 is 2.42 bits per heavy atom. The smallest absolute Gasteiger partial charge is 0.422 e. The number of hydrogen-bond donors (Lipinski definition) is 2. The molecule has 0 saturated carbocycles. The van der Waals surface area contributed by atoms with Gasteiger partial charge in [-0.3, -0.25) is 4.98 Å². The molecule has 0 aliphatic carbocycles. The predicted octanol–water partition coefficient (Wildman–Crippen LogP) is 3.17. The third-order valence-electron chi connectivity index (χ3n) is 4.41. The highest BCUT2D eigenvalue weighted by molar-refractivity contribution is 7.88. The fraction of sp³-hybridized carbons (Fsp3) is 0.333. The lowest BCUT2D eigenvalue weighted by Crippen LogP contribution is -2.42. The van der Waals surface area contributed by atoms with Crippen molar-refractivity contribution < 1.29 is 17.9 Å². The van der Waals surface area contributed by atoms with Crippen LogP contribution in [-0.4, -0.2) is 35.1 Å². The fourth-order valence-corrected chi connectivity index (χ4v) is 3.50. The summed E-state index contributed by atoms with van der Waals surface area (Å²) in [7, 11) is -4.09. The van der Waals surface area contributed by atoms with E-state index in [9.17, 15) is 13.2 Å². The van der Waals surface area contributed by atoms with Gasteiger partial charge in [-0.25, -0.2) is 19.5 Å². The van der Waals surface area contributed by atoms with Crippen LogP contribution in [0.25, 0.3) is 22.2 Å². The largest absolute Gasteiger partial charge is 0.443 e. The summed E-state index contributed by atoms with van der Waals surface area (Å²) in [6.07, 6.45) is 2.09. The van der Waals surface area contributed by atoms with E-state index in [2.05, 4.69) is 19.7 Å². The monoisotopic (exact) mass is 443 g/mol.